The third-order valence-corrected chi connectivity index (χ3v) is 12.9. The number of oxime groups is 1. The summed E-state index contributed by atoms with van der Waals surface area (Å²) >= 11 is 0. The molecule has 3 aromatic carbocycles. The molecule has 2 aromatic heterocycles. The molecule has 24 heteroatoms. The molecule has 0 fully saturated rings. The van der Waals surface area contributed by atoms with Gasteiger partial charge in [0.1, 0.15) is 6.04 Å². The second kappa shape index (κ2) is 36.7. The van der Waals surface area contributed by atoms with Crippen molar-refractivity contribution in [2.24, 2.45) is 16.0 Å². The highest BCUT2D eigenvalue weighted by Crippen LogP contribution is 2.16. The van der Waals surface area contributed by atoms with E-state index in [2.05, 4.69) is 68.7 Å². The lowest BCUT2D eigenvalue weighted by Crippen LogP contribution is -2.40. The summed E-state index contributed by atoms with van der Waals surface area (Å²) in [4.78, 5) is 81.9. The maximum Gasteiger partial charge on any atom is 0.326 e. The third-order valence-electron chi connectivity index (χ3n) is 12.9. The first-order valence-corrected chi connectivity index (χ1v) is 28.1. The number of ether oxygens (including phenoxy) is 2. The van der Waals surface area contributed by atoms with E-state index in [1.54, 1.807) is 42.6 Å². The number of carboxylic acid groups (broad SMARTS) is 1. The van der Waals surface area contributed by atoms with E-state index in [0.29, 0.717) is 99.2 Å². The Balaban J connectivity index is 0.809. The summed E-state index contributed by atoms with van der Waals surface area (Å²) in [5.74, 6) is -2.09. The number of hydrogen-bond donors (Lipinski definition) is 11. The van der Waals surface area contributed by atoms with Crippen LogP contribution in [0.3, 0.4) is 0 Å². The van der Waals surface area contributed by atoms with Crippen molar-refractivity contribution in [1.29, 1.82) is 5.53 Å². The molecule has 0 saturated heterocycles. The molecule has 0 aliphatic heterocycles. The molecule has 5 aromatic rings. The van der Waals surface area contributed by atoms with Crippen LogP contribution in [0.1, 0.15) is 128 Å². The quantitative estimate of drug-likeness (QED) is 0.00883. The monoisotopic (exact) mass is 1140 g/mol. The molecule has 5 rings (SSSR count). The standard InChI is InChI=1S/C59H81N15O9/c1-40(60)35-43-15-17-45(18-16-43)42(3)74-83-39-52(75)65-30-32-82-34-33-81-31-12-6-10-29-66-55(76)46-21-19-44(20-22-46)41(2)64-28-9-5-4-7-13-49(73-62)36-63-27-11-8-14-51(58(79)80)70-56(77)47-23-25-48(26-24-47)67-37-50-38-68-54-53(69-50)57(78)72-59(61)71-54/h15-26,36,38,40,51,62-64,67H,2,4-14,27-35,37,39,60H2,1,3H3,(H,65,75)(H,66,76)(H,70,77)(H,79,80)(H3,61,68,71,72,78)/b49-36-,73-62?,74-42+. The van der Waals surface area contributed by atoms with Crippen molar-refractivity contribution < 1.29 is 38.6 Å². The first kappa shape index (κ1) is 65.2. The van der Waals surface area contributed by atoms with Gasteiger partial charge in [0.05, 0.1) is 49.7 Å². The number of H-pyrrole nitrogens is 1. The van der Waals surface area contributed by atoms with Crippen LogP contribution >= 0.6 is 0 Å². The molecule has 2 unspecified atom stereocenters. The Hall–Kier alpha value is -8.61. The second-order valence-corrected chi connectivity index (χ2v) is 19.8. The molecule has 446 valence electrons. The fourth-order valence-corrected chi connectivity index (χ4v) is 8.30. The zero-order chi connectivity index (χ0) is 59.6. The van der Waals surface area contributed by atoms with Gasteiger partial charge in [-0.2, -0.15) is 10.1 Å². The van der Waals surface area contributed by atoms with E-state index < -0.39 is 23.5 Å². The Bertz CT molecular complexity index is 2970. The van der Waals surface area contributed by atoms with Gasteiger partial charge in [0.25, 0.3) is 23.3 Å². The van der Waals surface area contributed by atoms with E-state index in [4.69, 9.17) is 31.3 Å². The Labute approximate surface area is 484 Å². The van der Waals surface area contributed by atoms with Crippen LogP contribution in [0.2, 0.25) is 0 Å². The minimum Gasteiger partial charge on any atom is -0.480 e. The van der Waals surface area contributed by atoms with Crippen molar-refractivity contribution in [2.45, 2.75) is 110 Å². The van der Waals surface area contributed by atoms with Gasteiger partial charge in [0.15, 0.2) is 17.8 Å². The van der Waals surface area contributed by atoms with Crippen molar-refractivity contribution in [3.8, 4) is 0 Å². The zero-order valence-electron chi connectivity index (χ0n) is 47.6. The molecule has 13 N–H and O–H groups in total. The number of aliphatic carboxylic acids is 1. The second-order valence-electron chi connectivity index (χ2n) is 19.8. The van der Waals surface area contributed by atoms with Crippen LogP contribution < -0.4 is 48.9 Å². The van der Waals surface area contributed by atoms with E-state index in [1.807, 2.05) is 50.2 Å². The highest BCUT2D eigenvalue weighted by molar-refractivity contribution is 5.98. The number of benzene rings is 3. The van der Waals surface area contributed by atoms with Gasteiger partial charge in [-0.3, -0.25) is 24.2 Å². The molecular weight excluding hydrogens is 1060 g/mol. The Morgan fingerprint density at radius 2 is 1.42 bits per heavy atom. The lowest BCUT2D eigenvalue weighted by molar-refractivity contribution is -0.139. The fourth-order valence-electron chi connectivity index (χ4n) is 8.30. The van der Waals surface area contributed by atoms with Crippen molar-refractivity contribution in [3.63, 3.8) is 0 Å². The highest BCUT2D eigenvalue weighted by atomic mass is 16.6. The molecule has 3 amide bonds. The molecule has 2 atom stereocenters. The van der Waals surface area contributed by atoms with Gasteiger partial charge in [-0.25, -0.2) is 20.3 Å². The average Bonchev–Trinajstić information content (AvgIpc) is 3.50. The van der Waals surface area contributed by atoms with Crippen LogP contribution in [-0.2, 0) is 36.9 Å². The van der Waals surface area contributed by atoms with Crippen molar-refractivity contribution in [2.75, 3.05) is 70.3 Å². The van der Waals surface area contributed by atoms with Gasteiger partial charge >= 0.3 is 5.97 Å². The van der Waals surface area contributed by atoms with E-state index in [0.717, 1.165) is 80.3 Å². The number of nitrogens with one attached hydrogen (secondary N) is 8. The molecular formula is C59H81N15O9. The summed E-state index contributed by atoms with van der Waals surface area (Å²) in [5, 5.41) is 35.5. The molecule has 0 saturated carbocycles. The van der Waals surface area contributed by atoms with Crippen LogP contribution in [0.5, 0.6) is 0 Å². The summed E-state index contributed by atoms with van der Waals surface area (Å²) in [6.45, 7) is 12.1. The number of nitrogens with zero attached hydrogens (tertiary/aromatic N) is 5. The minimum atomic E-state index is -1.12. The van der Waals surface area contributed by atoms with Gasteiger partial charge in [-0.15, -0.1) is 0 Å². The molecule has 0 aliphatic rings. The number of nitrogen functional groups attached to an aromatic ring is 1. The van der Waals surface area contributed by atoms with Gasteiger partial charge in [0, 0.05) is 67.5 Å². The van der Waals surface area contributed by atoms with Gasteiger partial charge in [-0.05, 0) is 131 Å². The number of carboxylic acids is 1. The Morgan fingerprint density at radius 1 is 0.771 bits per heavy atom. The number of allylic oxidation sites excluding steroid dienone is 1. The van der Waals surface area contributed by atoms with E-state index in [-0.39, 0.29) is 54.5 Å². The van der Waals surface area contributed by atoms with Crippen molar-refractivity contribution >= 4 is 57.9 Å². The average molecular weight is 1140 g/mol. The number of hydrogen-bond acceptors (Lipinski definition) is 19. The number of rotatable bonds is 41. The first-order valence-electron chi connectivity index (χ1n) is 28.1. The summed E-state index contributed by atoms with van der Waals surface area (Å²) in [5.41, 5.74) is 25.8. The lowest BCUT2D eigenvalue weighted by atomic mass is 10.0. The smallest absolute Gasteiger partial charge is 0.326 e. The SMILES string of the molecule is C=C(NCCCCCC/C(=C/NCCCCC(NC(=O)c1ccc(NCc2cnc3nc(N)[nH]c(=O)c3n2)cc1)C(=O)O)N=N)c1ccc(C(=O)NCCCCCOCCOCCNC(=O)CO/N=C(\C)c2ccc(CC(C)N)cc2)cc1. The maximum absolute atomic E-state index is 12.9. The number of carbonyl (C=O) groups is 4. The van der Waals surface area contributed by atoms with Crippen LogP contribution in [0.15, 0.2) is 113 Å². The summed E-state index contributed by atoms with van der Waals surface area (Å²) in [7, 11) is 0. The normalized spacial score (nSPS) is 12.2. The topological polar surface area (TPSA) is 361 Å². The highest BCUT2D eigenvalue weighted by Gasteiger charge is 2.20. The van der Waals surface area contributed by atoms with Crippen LogP contribution in [0, 0.1) is 5.53 Å². The summed E-state index contributed by atoms with van der Waals surface area (Å²) < 4.78 is 11.2. The number of anilines is 2. The van der Waals surface area contributed by atoms with E-state index >= 15 is 0 Å². The van der Waals surface area contributed by atoms with Crippen molar-refractivity contribution in [3.05, 3.63) is 141 Å². The molecule has 24 nitrogen and oxygen atoms in total. The lowest BCUT2D eigenvalue weighted by Gasteiger charge is -2.15. The number of nitrogens with two attached hydrogens (primary N) is 2. The zero-order valence-corrected chi connectivity index (χ0v) is 47.6. The number of unbranched alkanes of at least 4 members (excludes halogenated alkanes) is 6. The molecule has 0 aliphatic carbocycles. The molecule has 0 radical (unpaired) electrons. The molecule has 0 bridgehead atoms. The Kier molecular flexibility index (Phi) is 28.8. The van der Waals surface area contributed by atoms with E-state index in [1.165, 1.54) is 6.20 Å². The largest absolute Gasteiger partial charge is 0.480 e. The summed E-state index contributed by atoms with van der Waals surface area (Å²) in [6, 6.07) is 20.9. The number of carbonyl (C=O) groups excluding carboxylic acids is 3. The third kappa shape index (κ3) is 25.0. The fraction of sp³-hybridized carbons (Fsp3) is 0.441. The Morgan fingerprint density at radius 3 is 2.14 bits per heavy atom. The predicted octanol–water partition coefficient (Wildman–Crippen LogP) is 6.31. The van der Waals surface area contributed by atoms with Gasteiger partial charge in [-0.1, -0.05) is 61.0 Å². The number of aromatic nitrogens is 4. The maximum atomic E-state index is 12.9. The first-order chi connectivity index (χ1) is 40.2. The van der Waals surface area contributed by atoms with Gasteiger partial charge < -0.3 is 62.8 Å². The van der Waals surface area contributed by atoms with Crippen LogP contribution in [-0.4, -0.2) is 126 Å². The molecule has 0 spiro atoms. The molecule has 83 heavy (non-hydrogen) atoms. The van der Waals surface area contributed by atoms with Gasteiger partial charge in [0.2, 0.25) is 5.95 Å². The predicted molar refractivity (Wildman–Crippen MR) is 319 cm³/mol. The van der Waals surface area contributed by atoms with E-state index in [9.17, 15) is 29.1 Å². The minimum absolute atomic E-state index is 0.0485. The van der Waals surface area contributed by atoms with Crippen LogP contribution in [0.25, 0.3) is 16.9 Å². The number of aromatic amines is 1. The molecule has 2 heterocycles. The van der Waals surface area contributed by atoms with Crippen LogP contribution in [0.4, 0.5) is 11.6 Å². The van der Waals surface area contributed by atoms with Crippen molar-refractivity contribution in [1.82, 2.24) is 46.5 Å². The summed E-state index contributed by atoms with van der Waals surface area (Å²) in [6.07, 6.45) is 12.5. The number of amides is 3. The number of fused-ring (bicyclic) bond motifs is 1.